The molecule has 0 fully saturated rings. The van der Waals surface area contributed by atoms with E-state index in [0.29, 0.717) is 22.3 Å². The molecule has 0 radical (unpaired) electrons. The second-order valence-electron chi connectivity index (χ2n) is 4.21. The first kappa shape index (κ1) is 16.8. The number of benzene rings is 1. The molecule has 1 amide bonds. The second kappa shape index (κ2) is 8.09. The molecule has 1 aromatic rings. The molecule has 0 aliphatic heterocycles. The summed E-state index contributed by atoms with van der Waals surface area (Å²) in [7, 11) is 3.05. The van der Waals surface area contributed by atoms with E-state index in [1.807, 2.05) is 0 Å². The molecule has 7 heteroatoms. The predicted molar refractivity (Wildman–Crippen MR) is 79.2 cm³/mol. The third-order valence-corrected chi connectivity index (χ3v) is 3.20. The number of amides is 1. The van der Waals surface area contributed by atoms with Crippen LogP contribution in [0.15, 0.2) is 18.2 Å². The number of carbonyl (C=O) groups is 2. The molecule has 0 aliphatic rings. The molecular weight excluding hydrogens is 303 g/mol. The van der Waals surface area contributed by atoms with Crippen LogP contribution in [-0.2, 0) is 14.3 Å². The number of carbonyl (C=O) groups excluding carboxylic acids is 2. The van der Waals surface area contributed by atoms with Crippen molar-refractivity contribution in [2.45, 2.75) is 6.42 Å². The van der Waals surface area contributed by atoms with Gasteiger partial charge in [0.15, 0.2) is 0 Å². The Kier molecular flexibility index (Phi) is 6.78. The highest BCUT2D eigenvalue weighted by Gasteiger charge is 2.11. The highest BCUT2D eigenvalue weighted by atomic mass is 35.5. The van der Waals surface area contributed by atoms with Crippen LogP contribution in [0.3, 0.4) is 0 Å². The Hall–Kier alpha value is -1.30. The maximum absolute atomic E-state index is 11.8. The summed E-state index contributed by atoms with van der Waals surface area (Å²) in [5.74, 6) is -0.571. The van der Waals surface area contributed by atoms with Gasteiger partial charge in [0.1, 0.15) is 0 Å². The van der Waals surface area contributed by atoms with Gasteiger partial charge in [-0.05, 0) is 19.2 Å². The van der Waals surface area contributed by atoms with Gasteiger partial charge >= 0.3 is 5.97 Å². The fourth-order valence-corrected chi connectivity index (χ4v) is 1.97. The Balaban J connectivity index is 2.46. The molecule has 0 atom stereocenters. The summed E-state index contributed by atoms with van der Waals surface area (Å²) in [5.41, 5.74) is 0.399. The van der Waals surface area contributed by atoms with Crippen molar-refractivity contribution in [3.8, 4) is 0 Å². The minimum absolute atomic E-state index is 0.136. The number of nitrogens with one attached hydrogen (secondary N) is 1. The van der Waals surface area contributed by atoms with Crippen LogP contribution in [0.5, 0.6) is 0 Å². The molecule has 0 heterocycles. The van der Waals surface area contributed by atoms with Crippen molar-refractivity contribution >= 4 is 40.8 Å². The van der Waals surface area contributed by atoms with Crippen LogP contribution in [0.1, 0.15) is 6.42 Å². The summed E-state index contributed by atoms with van der Waals surface area (Å²) in [6.45, 7) is 0.555. The minimum atomic E-state index is -0.345. The molecule has 0 unspecified atom stereocenters. The van der Waals surface area contributed by atoms with E-state index >= 15 is 0 Å². The molecule has 110 valence electrons. The SMILES string of the molecule is COC(=O)CN(C)CCC(=O)Nc1c(Cl)cccc1Cl. The average molecular weight is 319 g/mol. The van der Waals surface area contributed by atoms with Crippen molar-refractivity contribution in [2.24, 2.45) is 0 Å². The average Bonchev–Trinajstić information content (AvgIpc) is 2.40. The van der Waals surface area contributed by atoms with E-state index in [1.54, 1.807) is 30.1 Å². The first-order valence-electron chi connectivity index (χ1n) is 5.93. The number of ether oxygens (including phenoxy) is 1. The van der Waals surface area contributed by atoms with Crippen LogP contribution in [0.25, 0.3) is 0 Å². The number of rotatable bonds is 6. The Labute approximate surface area is 127 Å². The number of hydrogen-bond donors (Lipinski definition) is 1. The van der Waals surface area contributed by atoms with Crippen LogP contribution in [0.4, 0.5) is 5.69 Å². The van der Waals surface area contributed by atoms with Gasteiger partial charge < -0.3 is 10.1 Å². The molecule has 1 N–H and O–H groups in total. The van der Waals surface area contributed by atoms with Gasteiger partial charge in [0.2, 0.25) is 5.91 Å². The summed E-state index contributed by atoms with van der Waals surface area (Å²) < 4.78 is 4.54. The van der Waals surface area contributed by atoms with Crippen LogP contribution >= 0.6 is 23.2 Å². The topological polar surface area (TPSA) is 58.6 Å². The van der Waals surface area contributed by atoms with Crippen LogP contribution in [0.2, 0.25) is 10.0 Å². The Morgan fingerprint density at radius 2 is 1.90 bits per heavy atom. The molecule has 0 saturated heterocycles. The zero-order valence-electron chi connectivity index (χ0n) is 11.3. The van der Waals surface area contributed by atoms with Crippen molar-refractivity contribution in [1.82, 2.24) is 4.90 Å². The monoisotopic (exact) mass is 318 g/mol. The van der Waals surface area contributed by atoms with Crippen molar-refractivity contribution in [3.05, 3.63) is 28.2 Å². The zero-order chi connectivity index (χ0) is 15.1. The number of likely N-dealkylation sites (N-methyl/N-ethyl adjacent to an activating group) is 1. The molecular formula is C13H16Cl2N2O3. The molecule has 0 bridgehead atoms. The quantitative estimate of drug-likeness (QED) is 0.818. The molecule has 0 aromatic heterocycles. The Morgan fingerprint density at radius 3 is 2.45 bits per heavy atom. The van der Waals surface area contributed by atoms with E-state index in [4.69, 9.17) is 23.2 Å². The van der Waals surface area contributed by atoms with E-state index in [2.05, 4.69) is 10.1 Å². The lowest BCUT2D eigenvalue weighted by Gasteiger charge is -2.15. The summed E-state index contributed by atoms with van der Waals surface area (Å²) in [4.78, 5) is 24.5. The summed E-state index contributed by atoms with van der Waals surface area (Å²) in [6.07, 6.45) is 0.217. The number of halogens is 2. The van der Waals surface area contributed by atoms with Gasteiger partial charge in [-0.2, -0.15) is 0 Å². The van der Waals surface area contributed by atoms with Gasteiger partial charge in [0.05, 0.1) is 29.4 Å². The largest absolute Gasteiger partial charge is 0.468 e. The van der Waals surface area contributed by atoms with Crippen molar-refractivity contribution < 1.29 is 14.3 Å². The van der Waals surface area contributed by atoms with E-state index in [0.717, 1.165) is 0 Å². The van der Waals surface area contributed by atoms with Gasteiger partial charge in [-0.25, -0.2) is 0 Å². The van der Waals surface area contributed by atoms with Gasteiger partial charge in [0.25, 0.3) is 0 Å². The Bertz CT molecular complexity index is 474. The molecule has 0 aliphatic carbocycles. The van der Waals surface area contributed by atoms with Crippen molar-refractivity contribution in [1.29, 1.82) is 0 Å². The molecule has 0 spiro atoms. The lowest BCUT2D eigenvalue weighted by atomic mass is 10.3. The summed E-state index contributed by atoms with van der Waals surface area (Å²) >= 11 is 11.9. The Morgan fingerprint density at radius 1 is 1.30 bits per heavy atom. The zero-order valence-corrected chi connectivity index (χ0v) is 12.8. The van der Waals surface area contributed by atoms with E-state index < -0.39 is 0 Å². The second-order valence-corrected chi connectivity index (χ2v) is 5.02. The fourth-order valence-electron chi connectivity index (χ4n) is 1.48. The molecule has 5 nitrogen and oxygen atoms in total. The van der Waals surface area contributed by atoms with E-state index in [1.165, 1.54) is 7.11 Å². The number of methoxy groups -OCH3 is 1. The molecule has 1 rings (SSSR count). The minimum Gasteiger partial charge on any atom is -0.468 e. The number of nitrogens with zero attached hydrogens (tertiary/aromatic N) is 1. The van der Waals surface area contributed by atoms with Gasteiger partial charge in [-0.15, -0.1) is 0 Å². The smallest absolute Gasteiger partial charge is 0.319 e. The lowest BCUT2D eigenvalue weighted by Crippen LogP contribution is -2.30. The van der Waals surface area contributed by atoms with Crippen molar-refractivity contribution in [3.63, 3.8) is 0 Å². The predicted octanol–water partition coefficient (Wildman–Crippen LogP) is 2.43. The van der Waals surface area contributed by atoms with Gasteiger partial charge in [0, 0.05) is 13.0 Å². The van der Waals surface area contributed by atoms with Gasteiger partial charge in [-0.3, -0.25) is 14.5 Å². The molecule has 20 heavy (non-hydrogen) atoms. The van der Waals surface area contributed by atoms with Gasteiger partial charge in [-0.1, -0.05) is 29.3 Å². The fraction of sp³-hybridized carbons (Fsp3) is 0.385. The molecule has 0 saturated carbocycles. The van der Waals surface area contributed by atoms with Crippen LogP contribution < -0.4 is 5.32 Å². The lowest BCUT2D eigenvalue weighted by molar-refractivity contribution is -0.141. The normalized spacial score (nSPS) is 10.4. The molecule has 1 aromatic carbocycles. The maximum Gasteiger partial charge on any atom is 0.319 e. The number of para-hydroxylation sites is 1. The highest BCUT2D eigenvalue weighted by Crippen LogP contribution is 2.29. The van der Waals surface area contributed by atoms with E-state index in [9.17, 15) is 9.59 Å². The summed E-state index contributed by atoms with van der Waals surface area (Å²) in [6, 6.07) is 4.99. The maximum atomic E-state index is 11.8. The van der Waals surface area contributed by atoms with Crippen molar-refractivity contribution in [2.75, 3.05) is 32.6 Å². The number of anilines is 1. The standard InChI is InChI=1S/C13H16Cl2N2O3/c1-17(8-12(19)20-2)7-6-11(18)16-13-9(14)4-3-5-10(13)15/h3-5H,6-8H2,1-2H3,(H,16,18). The van der Waals surface area contributed by atoms with Crippen LogP contribution in [0, 0.1) is 0 Å². The van der Waals surface area contributed by atoms with E-state index in [-0.39, 0.29) is 24.8 Å². The summed E-state index contributed by atoms with van der Waals surface area (Å²) in [5, 5.41) is 3.42. The number of esters is 1. The highest BCUT2D eigenvalue weighted by molar-refractivity contribution is 6.39. The third kappa shape index (κ3) is 5.36. The number of hydrogen-bond acceptors (Lipinski definition) is 4. The third-order valence-electron chi connectivity index (χ3n) is 2.57. The van der Waals surface area contributed by atoms with Crippen LogP contribution in [-0.4, -0.2) is 44.0 Å². The first-order chi connectivity index (χ1) is 9.43. The first-order valence-corrected chi connectivity index (χ1v) is 6.69.